The van der Waals surface area contributed by atoms with E-state index in [4.69, 9.17) is 11.6 Å². The number of nitrogens with zero attached hydrogens (tertiary/aromatic N) is 3. The van der Waals surface area contributed by atoms with Gasteiger partial charge in [-0.2, -0.15) is 8.78 Å². The number of amides is 2. The van der Waals surface area contributed by atoms with Crippen LogP contribution in [0.15, 0.2) is 29.4 Å². The standard InChI is InChI=1S/C12H12ClF2N5OS/c1-20-6-17-19-9(20)5-16-12(21)18-8-4-2-3-7(13)10(8)22-11(14)15/h2-4,6,11H,5H2,1H3,(H2,16,18,21). The Bertz CT molecular complexity index is 667. The molecule has 2 N–H and O–H groups in total. The highest BCUT2D eigenvalue weighted by molar-refractivity contribution is 7.99. The van der Waals surface area contributed by atoms with Crippen molar-refractivity contribution >= 4 is 35.1 Å². The molecule has 0 unspecified atom stereocenters. The number of halogens is 3. The van der Waals surface area contributed by atoms with E-state index in [2.05, 4.69) is 20.8 Å². The molecule has 0 aliphatic heterocycles. The van der Waals surface area contributed by atoms with Crippen LogP contribution in [0.1, 0.15) is 5.82 Å². The normalized spacial score (nSPS) is 10.8. The van der Waals surface area contributed by atoms with Gasteiger partial charge in [0.1, 0.15) is 6.33 Å². The maximum atomic E-state index is 12.6. The zero-order valence-corrected chi connectivity index (χ0v) is 13.0. The van der Waals surface area contributed by atoms with Gasteiger partial charge in [-0.3, -0.25) is 0 Å². The number of urea groups is 1. The number of aryl methyl sites for hydroxylation is 1. The van der Waals surface area contributed by atoms with E-state index in [1.54, 1.807) is 17.7 Å². The van der Waals surface area contributed by atoms with E-state index in [9.17, 15) is 13.6 Å². The van der Waals surface area contributed by atoms with Crippen molar-refractivity contribution in [2.45, 2.75) is 17.2 Å². The van der Waals surface area contributed by atoms with Gasteiger partial charge in [0.15, 0.2) is 5.82 Å². The number of carbonyl (C=O) groups excluding carboxylic acids is 1. The Morgan fingerprint density at radius 3 is 2.91 bits per heavy atom. The van der Waals surface area contributed by atoms with Gasteiger partial charge in [-0.15, -0.1) is 10.2 Å². The third-order valence-corrected chi connectivity index (χ3v) is 3.92. The number of nitrogens with one attached hydrogen (secondary N) is 2. The molecule has 0 saturated carbocycles. The molecule has 0 saturated heterocycles. The summed E-state index contributed by atoms with van der Waals surface area (Å²) in [4.78, 5) is 12.0. The Morgan fingerprint density at radius 1 is 1.50 bits per heavy atom. The first-order valence-electron chi connectivity index (χ1n) is 6.08. The summed E-state index contributed by atoms with van der Waals surface area (Å²) in [5, 5.41) is 12.7. The fourth-order valence-electron chi connectivity index (χ4n) is 1.61. The van der Waals surface area contributed by atoms with Gasteiger partial charge >= 0.3 is 6.03 Å². The van der Waals surface area contributed by atoms with Crippen LogP contribution in [0.3, 0.4) is 0 Å². The van der Waals surface area contributed by atoms with Gasteiger partial charge in [-0.1, -0.05) is 29.4 Å². The molecule has 0 atom stereocenters. The Labute approximate surface area is 134 Å². The lowest BCUT2D eigenvalue weighted by Crippen LogP contribution is -2.29. The van der Waals surface area contributed by atoms with Crippen LogP contribution in [0, 0.1) is 0 Å². The van der Waals surface area contributed by atoms with Gasteiger partial charge in [-0.25, -0.2) is 4.79 Å². The van der Waals surface area contributed by atoms with E-state index in [1.807, 2.05) is 0 Å². The molecule has 2 aromatic rings. The maximum Gasteiger partial charge on any atom is 0.319 e. The number of rotatable bonds is 5. The van der Waals surface area contributed by atoms with E-state index in [0.717, 1.165) is 0 Å². The summed E-state index contributed by atoms with van der Waals surface area (Å²) in [5.74, 6) is -2.08. The Kier molecular flexibility index (Phi) is 5.56. The zero-order valence-electron chi connectivity index (χ0n) is 11.4. The van der Waals surface area contributed by atoms with Gasteiger partial charge < -0.3 is 15.2 Å². The quantitative estimate of drug-likeness (QED) is 0.815. The van der Waals surface area contributed by atoms with Gasteiger partial charge in [0, 0.05) is 7.05 Å². The predicted octanol–water partition coefficient (Wildman–Crippen LogP) is 3.10. The molecule has 0 aliphatic rings. The van der Waals surface area contributed by atoms with Gasteiger partial charge in [0.05, 0.1) is 22.2 Å². The first-order chi connectivity index (χ1) is 10.5. The Balaban J connectivity index is 2.02. The first kappa shape index (κ1) is 16.5. The van der Waals surface area contributed by atoms with Crippen molar-refractivity contribution in [3.05, 3.63) is 35.4 Å². The number of anilines is 1. The minimum absolute atomic E-state index is 0.118. The summed E-state index contributed by atoms with van der Waals surface area (Å²) in [6, 6.07) is 3.99. The van der Waals surface area contributed by atoms with Crippen molar-refractivity contribution in [3.8, 4) is 0 Å². The van der Waals surface area contributed by atoms with Crippen LogP contribution < -0.4 is 10.6 Å². The van der Waals surface area contributed by atoms with Crippen molar-refractivity contribution in [1.29, 1.82) is 0 Å². The summed E-state index contributed by atoms with van der Waals surface area (Å²) in [5.41, 5.74) is 0.216. The van der Waals surface area contributed by atoms with Crippen LogP contribution in [-0.4, -0.2) is 26.6 Å². The fourth-order valence-corrected chi connectivity index (χ4v) is 2.52. The van der Waals surface area contributed by atoms with Crippen molar-refractivity contribution in [2.24, 2.45) is 7.05 Å². The molecule has 118 valence electrons. The number of hydrogen-bond donors (Lipinski definition) is 2. The maximum absolute atomic E-state index is 12.6. The molecule has 2 rings (SSSR count). The lowest BCUT2D eigenvalue weighted by atomic mass is 10.3. The highest BCUT2D eigenvalue weighted by atomic mass is 35.5. The second-order valence-electron chi connectivity index (χ2n) is 4.16. The number of aromatic nitrogens is 3. The molecule has 2 amide bonds. The third kappa shape index (κ3) is 4.31. The zero-order chi connectivity index (χ0) is 16.1. The number of thioether (sulfide) groups is 1. The number of alkyl halides is 2. The molecule has 0 bridgehead atoms. The Morgan fingerprint density at radius 2 is 2.27 bits per heavy atom. The topological polar surface area (TPSA) is 71.8 Å². The molecule has 0 fully saturated rings. The molecule has 0 spiro atoms. The van der Waals surface area contributed by atoms with Crippen LogP contribution >= 0.6 is 23.4 Å². The number of benzene rings is 1. The van der Waals surface area contributed by atoms with Crippen LogP contribution in [0.2, 0.25) is 5.02 Å². The first-order valence-corrected chi connectivity index (χ1v) is 7.34. The molecular formula is C12H12ClF2N5OS. The molecule has 0 radical (unpaired) electrons. The van der Waals surface area contributed by atoms with E-state index in [-0.39, 0.29) is 33.9 Å². The minimum atomic E-state index is -2.64. The molecule has 6 nitrogen and oxygen atoms in total. The molecule has 1 aromatic carbocycles. The lowest BCUT2D eigenvalue weighted by molar-refractivity contribution is 0.250. The molecule has 0 aliphatic carbocycles. The van der Waals surface area contributed by atoms with Crippen molar-refractivity contribution in [3.63, 3.8) is 0 Å². The molecule has 10 heteroatoms. The fraction of sp³-hybridized carbons (Fsp3) is 0.250. The van der Waals surface area contributed by atoms with Crippen LogP contribution in [-0.2, 0) is 13.6 Å². The highest BCUT2D eigenvalue weighted by Gasteiger charge is 2.15. The van der Waals surface area contributed by atoms with E-state index in [0.29, 0.717) is 5.82 Å². The molecule has 1 heterocycles. The van der Waals surface area contributed by atoms with Crippen LogP contribution in [0.25, 0.3) is 0 Å². The summed E-state index contributed by atoms with van der Waals surface area (Å²) in [6.07, 6.45) is 1.50. The molecular weight excluding hydrogens is 336 g/mol. The second-order valence-corrected chi connectivity index (χ2v) is 5.57. The lowest BCUT2D eigenvalue weighted by Gasteiger charge is -2.12. The van der Waals surface area contributed by atoms with Gasteiger partial charge in [0.2, 0.25) is 0 Å². The van der Waals surface area contributed by atoms with Crippen molar-refractivity contribution in [1.82, 2.24) is 20.1 Å². The van der Waals surface area contributed by atoms with Crippen LogP contribution in [0.5, 0.6) is 0 Å². The average Bonchev–Trinajstić information content (AvgIpc) is 2.85. The second kappa shape index (κ2) is 7.41. The van der Waals surface area contributed by atoms with Crippen molar-refractivity contribution in [2.75, 3.05) is 5.32 Å². The van der Waals surface area contributed by atoms with Gasteiger partial charge in [-0.05, 0) is 12.1 Å². The van der Waals surface area contributed by atoms with Crippen LogP contribution in [0.4, 0.5) is 19.3 Å². The average molecular weight is 348 g/mol. The summed E-state index contributed by atoms with van der Waals surface area (Å²) >= 11 is 6.17. The Hall–Kier alpha value is -1.87. The van der Waals surface area contributed by atoms with E-state index < -0.39 is 11.8 Å². The van der Waals surface area contributed by atoms with E-state index >= 15 is 0 Å². The number of hydrogen-bond acceptors (Lipinski definition) is 4. The summed E-state index contributed by atoms with van der Waals surface area (Å²) in [7, 11) is 1.74. The monoisotopic (exact) mass is 347 g/mol. The number of carbonyl (C=O) groups is 1. The van der Waals surface area contributed by atoms with E-state index in [1.165, 1.54) is 18.5 Å². The van der Waals surface area contributed by atoms with Gasteiger partial charge in [0.25, 0.3) is 5.76 Å². The minimum Gasteiger partial charge on any atom is -0.331 e. The summed E-state index contributed by atoms with van der Waals surface area (Å²) < 4.78 is 26.8. The predicted molar refractivity (Wildman–Crippen MR) is 80.2 cm³/mol. The highest BCUT2D eigenvalue weighted by Crippen LogP contribution is 2.37. The largest absolute Gasteiger partial charge is 0.331 e. The van der Waals surface area contributed by atoms with Crippen molar-refractivity contribution < 1.29 is 13.6 Å². The smallest absolute Gasteiger partial charge is 0.319 e. The molecule has 1 aromatic heterocycles. The summed E-state index contributed by atoms with van der Waals surface area (Å²) in [6.45, 7) is 0.153. The molecule has 22 heavy (non-hydrogen) atoms. The SMILES string of the molecule is Cn1cnnc1CNC(=O)Nc1cccc(Cl)c1SC(F)F. The third-order valence-electron chi connectivity index (χ3n) is 2.63.